The number of halogens is 1. The maximum Gasteiger partial charge on any atom is 0.260 e. The van der Waals surface area contributed by atoms with Gasteiger partial charge in [-0.1, -0.05) is 29.2 Å². The van der Waals surface area contributed by atoms with E-state index in [0.717, 1.165) is 23.2 Å². The minimum absolute atomic E-state index is 0.464. The van der Waals surface area contributed by atoms with Gasteiger partial charge in [-0.2, -0.15) is 4.98 Å². The zero-order valence-corrected chi connectivity index (χ0v) is 11.8. The number of nitrogens with zero attached hydrogens (tertiary/aromatic N) is 2. The maximum atomic E-state index is 6.03. The number of aromatic nitrogens is 2. The quantitative estimate of drug-likeness (QED) is 0.852. The molecule has 104 valence electrons. The molecule has 2 bridgehead atoms. The van der Waals surface area contributed by atoms with Crippen LogP contribution in [0.15, 0.2) is 22.7 Å². The zero-order chi connectivity index (χ0) is 13.7. The average Bonchev–Trinajstić information content (AvgIpc) is 3.16. The molecule has 1 aromatic heterocycles. The Hall–Kier alpha value is -1.55. The number of hydrogen-bond donors (Lipinski definition) is 1. The van der Waals surface area contributed by atoms with Crippen molar-refractivity contribution in [3.8, 4) is 11.5 Å². The summed E-state index contributed by atoms with van der Waals surface area (Å²) in [6, 6.07) is 5.46. The molecule has 2 N–H and O–H groups in total. The van der Waals surface area contributed by atoms with Gasteiger partial charge in [0.1, 0.15) is 0 Å². The monoisotopic (exact) mass is 289 g/mol. The predicted octanol–water partition coefficient (Wildman–Crippen LogP) is 3.88. The molecule has 2 fully saturated rings. The molecule has 5 heteroatoms. The van der Waals surface area contributed by atoms with Gasteiger partial charge < -0.3 is 10.3 Å². The van der Waals surface area contributed by atoms with Crippen molar-refractivity contribution >= 4 is 17.3 Å². The number of rotatable bonds is 2. The molecule has 2 aliphatic carbocycles. The molecule has 2 aromatic rings. The van der Waals surface area contributed by atoms with Gasteiger partial charge in [-0.25, -0.2) is 0 Å². The van der Waals surface area contributed by atoms with Crippen LogP contribution in [0.25, 0.3) is 11.5 Å². The van der Waals surface area contributed by atoms with Crippen molar-refractivity contribution in [3.63, 3.8) is 0 Å². The van der Waals surface area contributed by atoms with Crippen molar-refractivity contribution < 1.29 is 4.52 Å². The number of hydrogen-bond acceptors (Lipinski definition) is 4. The lowest BCUT2D eigenvalue weighted by molar-refractivity contribution is 0.372. The van der Waals surface area contributed by atoms with E-state index < -0.39 is 0 Å². The van der Waals surface area contributed by atoms with Crippen LogP contribution in [0.5, 0.6) is 0 Å². The van der Waals surface area contributed by atoms with Crippen LogP contribution < -0.4 is 5.73 Å². The molecule has 0 aliphatic heterocycles. The number of fused-ring (bicyclic) bond motifs is 2. The predicted molar refractivity (Wildman–Crippen MR) is 77.3 cm³/mol. The first-order valence-corrected chi connectivity index (χ1v) is 7.48. The van der Waals surface area contributed by atoms with Gasteiger partial charge in [-0.3, -0.25) is 0 Å². The third-order valence-electron chi connectivity index (χ3n) is 4.79. The van der Waals surface area contributed by atoms with Crippen molar-refractivity contribution in [1.82, 2.24) is 10.1 Å². The van der Waals surface area contributed by atoms with Gasteiger partial charge in [-0.05, 0) is 43.2 Å². The van der Waals surface area contributed by atoms with Crippen molar-refractivity contribution in [2.24, 2.45) is 11.8 Å². The molecule has 3 unspecified atom stereocenters. The molecule has 1 heterocycles. The van der Waals surface area contributed by atoms with Crippen molar-refractivity contribution in [2.75, 3.05) is 5.73 Å². The molecule has 0 amide bonds. The van der Waals surface area contributed by atoms with Crippen molar-refractivity contribution in [3.05, 3.63) is 29.0 Å². The molecule has 4 rings (SSSR count). The minimum atomic E-state index is 0.464. The van der Waals surface area contributed by atoms with E-state index in [9.17, 15) is 0 Å². The third-order valence-corrected chi connectivity index (χ3v) is 5.12. The Kier molecular flexibility index (Phi) is 2.74. The van der Waals surface area contributed by atoms with Gasteiger partial charge in [0.05, 0.1) is 16.3 Å². The highest BCUT2D eigenvalue weighted by Crippen LogP contribution is 2.52. The summed E-state index contributed by atoms with van der Waals surface area (Å²) >= 11 is 6.03. The normalized spacial score (nSPS) is 28.1. The minimum Gasteiger partial charge on any atom is -0.397 e. The standard InChI is InChI=1S/C15H16ClN3O/c16-12-3-1-2-10(13(12)17)15-18-14(19-20-15)11-7-8-4-5-9(11)6-8/h1-3,8-9,11H,4-7,17H2. The number of para-hydroxylation sites is 1. The summed E-state index contributed by atoms with van der Waals surface area (Å²) in [6.07, 6.45) is 5.20. The second kappa shape index (κ2) is 4.48. The van der Waals surface area contributed by atoms with E-state index in [1.54, 1.807) is 6.07 Å². The van der Waals surface area contributed by atoms with Crippen LogP contribution in [0.4, 0.5) is 5.69 Å². The van der Waals surface area contributed by atoms with Gasteiger partial charge in [0.2, 0.25) is 0 Å². The Bertz CT molecular complexity index is 654. The molecule has 1 aromatic carbocycles. The van der Waals surface area contributed by atoms with E-state index in [-0.39, 0.29) is 0 Å². The number of nitrogens with two attached hydrogens (primary N) is 1. The van der Waals surface area contributed by atoms with Gasteiger partial charge in [0.15, 0.2) is 5.82 Å². The smallest absolute Gasteiger partial charge is 0.260 e. The van der Waals surface area contributed by atoms with Crippen LogP contribution in [-0.2, 0) is 0 Å². The first kappa shape index (κ1) is 12.2. The molecule has 20 heavy (non-hydrogen) atoms. The van der Waals surface area contributed by atoms with Crippen LogP contribution in [-0.4, -0.2) is 10.1 Å². The van der Waals surface area contributed by atoms with E-state index in [1.807, 2.05) is 12.1 Å². The van der Waals surface area contributed by atoms with Crippen molar-refractivity contribution in [2.45, 2.75) is 31.6 Å². The van der Waals surface area contributed by atoms with Crippen LogP contribution >= 0.6 is 11.6 Å². The zero-order valence-electron chi connectivity index (χ0n) is 11.1. The fourth-order valence-corrected chi connectivity index (χ4v) is 3.95. The molecule has 0 spiro atoms. The van der Waals surface area contributed by atoms with Gasteiger partial charge in [-0.15, -0.1) is 0 Å². The van der Waals surface area contributed by atoms with Crippen LogP contribution in [0.1, 0.15) is 37.4 Å². The van der Waals surface area contributed by atoms with E-state index in [0.29, 0.717) is 22.5 Å². The summed E-state index contributed by atoms with van der Waals surface area (Å²) in [5.74, 6) is 3.38. The largest absolute Gasteiger partial charge is 0.397 e. The Morgan fingerprint density at radius 1 is 1.25 bits per heavy atom. The lowest BCUT2D eigenvalue weighted by Crippen LogP contribution is -2.09. The molecule has 3 atom stereocenters. The second-order valence-electron chi connectivity index (χ2n) is 5.94. The second-order valence-corrected chi connectivity index (χ2v) is 6.35. The Labute approximate surface area is 122 Å². The van der Waals surface area contributed by atoms with Crippen molar-refractivity contribution in [1.29, 1.82) is 0 Å². The Morgan fingerprint density at radius 2 is 2.15 bits per heavy atom. The number of nitrogen functional groups attached to an aromatic ring is 1. The molecular weight excluding hydrogens is 274 g/mol. The fraction of sp³-hybridized carbons (Fsp3) is 0.467. The maximum absolute atomic E-state index is 6.03. The van der Waals surface area contributed by atoms with Crippen LogP contribution in [0.2, 0.25) is 5.02 Å². The topological polar surface area (TPSA) is 64.9 Å². The summed E-state index contributed by atoms with van der Waals surface area (Å²) in [6.45, 7) is 0. The summed E-state index contributed by atoms with van der Waals surface area (Å²) in [4.78, 5) is 4.57. The highest BCUT2D eigenvalue weighted by molar-refractivity contribution is 6.33. The SMILES string of the molecule is Nc1c(Cl)cccc1-c1nc(C2CC3CCC2C3)no1. The third kappa shape index (κ3) is 1.82. The van der Waals surface area contributed by atoms with Gasteiger partial charge in [0, 0.05) is 5.92 Å². The lowest BCUT2D eigenvalue weighted by Gasteiger charge is -2.17. The van der Waals surface area contributed by atoms with Crippen LogP contribution in [0, 0.1) is 11.8 Å². The highest BCUT2D eigenvalue weighted by Gasteiger charge is 2.42. The molecule has 0 saturated heterocycles. The molecule has 2 aliphatic rings. The number of anilines is 1. The van der Waals surface area contributed by atoms with Gasteiger partial charge in [0.25, 0.3) is 5.89 Å². The lowest BCUT2D eigenvalue weighted by atomic mass is 9.88. The summed E-state index contributed by atoms with van der Waals surface area (Å²) < 4.78 is 5.41. The highest BCUT2D eigenvalue weighted by atomic mass is 35.5. The van der Waals surface area contributed by atoms with E-state index >= 15 is 0 Å². The fourth-order valence-electron chi connectivity index (χ4n) is 3.78. The summed E-state index contributed by atoms with van der Waals surface area (Å²) in [7, 11) is 0. The first-order valence-electron chi connectivity index (χ1n) is 7.10. The molecular formula is C15H16ClN3O. The molecule has 2 saturated carbocycles. The average molecular weight is 290 g/mol. The van der Waals surface area contributed by atoms with Crippen LogP contribution in [0.3, 0.4) is 0 Å². The first-order chi connectivity index (χ1) is 9.72. The summed E-state index contributed by atoms with van der Waals surface area (Å²) in [5.41, 5.74) is 7.20. The Morgan fingerprint density at radius 3 is 2.90 bits per heavy atom. The summed E-state index contributed by atoms with van der Waals surface area (Å²) in [5, 5.41) is 4.70. The van der Waals surface area contributed by atoms with Gasteiger partial charge >= 0.3 is 0 Å². The van der Waals surface area contributed by atoms with E-state index in [4.69, 9.17) is 21.9 Å². The van der Waals surface area contributed by atoms with E-state index in [1.165, 1.54) is 25.7 Å². The molecule has 4 nitrogen and oxygen atoms in total. The van der Waals surface area contributed by atoms with E-state index in [2.05, 4.69) is 10.1 Å². The molecule has 0 radical (unpaired) electrons. The Balaban J connectivity index is 1.67. The number of benzene rings is 1.